The highest BCUT2D eigenvalue weighted by Gasteiger charge is 2.31. The van der Waals surface area contributed by atoms with E-state index in [1.54, 1.807) is 0 Å². The minimum Gasteiger partial charge on any atom is -0.479 e. The van der Waals surface area contributed by atoms with Gasteiger partial charge in [0.2, 0.25) is 0 Å². The number of hydrogen-bond acceptors (Lipinski definition) is 6. The monoisotopic (exact) mass is 448 g/mol. The fourth-order valence-corrected chi connectivity index (χ4v) is 2.48. The average Bonchev–Trinajstić information content (AvgIpc) is 2.65. The van der Waals surface area contributed by atoms with E-state index in [-0.39, 0.29) is 41.0 Å². The van der Waals surface area contributed by atoms with E-state index in [9.17, 15) is 28.1 Å². The molecule has 0 heterocycles. The second kappa shape index (κ2) is 9.63. The summed E-state index contributed by atoms with van der Waals surface area (Å²) in [6.07, 6.45) is -5.61. The molecular formula is C18H16ClF3N2O6. The number of ether oxygens (including phenoxy) is 2. The first kappa shape index (κ1) is 23.2. The molecule has 0 radical (unpaired) electrons. The van der Waals surface area contributed by atoms with Gasteiger partial charge < -0.3 is 19.9 Å². The van der Waals surface area contributed by atoms with Crippen molar-refractivity contribution in [3.05, 3.63) is 57.1 Å². The zero-order valence-corrected chi connectivity index (χ0v) is 16.2. The summed E-state index contributed by atoms with van der Waals surface area (Å²) >= 11 is 5.85. The van der Waals surface area contributed by atoms with Crippen LogP contribution in [0.4, 0.5) is 24.5 Å². The smallest absolute Gasteiger partial charge is 0.416 e. The van der Waals surface area contributed by atoms with Crippen LogP contribution in [-0.2, 0) is 15.7 Å². The Morgan fingerprint density at radius 2 is 2.00 bits per heavy atom. The van der Waals surface area contributed by atoms with Crippen LogP contribution in [0.1, 0.15) is 12.5 Å². The van der Waals surface area contributed by atoms with Gasteiger partial charge in [0.15, 0.2) is 6.10 Å². The van der Waals surface area contributed by atoms with Crippen molar-refractivity contribution in [1.29, 1.82) is 0 Å². The number of nitro benzene ring substituents is 1. The van der Waals surface area contributed by atoms with Crippen LogP contribution in [0.5, 0.6) is 11.5 Å². The summed E-state index contributed by atoms with van der Waals surface area (Å²) in [7, 11) is 0. The molecule has 2 rings (SSSR count). The first-order valence-corrected chi connectivity index (χ1v) is 8.78. The fraction of sp³-hybridized carbons (Fsp3) is 0.278. The molecule has 1 unspecified atom stereocenters. The third-order valence-corrected chi connectivity index (χ3v) is 4.08. The summed E-state index contributed by atoms with van der Waals surface area (Å²) in [6.45, 7) is 1.36. The molecule has 0 aliphatic heterocycles. The topological polar surface area (TPSA) is 111 Å². The molecule has 0 saturated heterocycles. The Morgan fingerprint density at radius 1 is 1.30 bits per heavy atom. The molecule has 2 aromatic carbocycles. The lowest BCUT2D eigenvalue weighted by atomic mass is 10.2. The standard InChI is InChI=1S/C18H16ClF3N2O6/c1-10(17(25)26)29-7-6-23-14-9-12(3-4-15(14)24(27)28)30-16-5-2-11(8-13(16)19)18(20,21)22/h2-5,8-10,23H,6-7H2,1H3,(H,25,26). The van der Waals surface area contributed by atoms with Crippen LogP contribution < -0.4 is 10.1 Å². The molecule has 0 aliphatic rings. The van der Waals surface area contributed by atoms with E-state index < -0.39 is 28.7 Å². The highest BCUT2D eigenvalue weighted by molar-refractivity contribution is 6.32. The SMILES string of the molecule is CC(OCCNc1cc(Oc2ccc(C(F)(F)F)cc2Cl)ccc1[N+](=O)[O-])C(=O)O. The highest BCUT2D eigenvalue weighted by Crippen LogP contribution is 2.37. The zero-order valence-electron chi connectivity index (χ0n) is 15.4. The van der Waals surface area contributed by atoms with Crippen LogP contribution >= 0.6 is 11.6 Å². The van der Waals surface area contributed by atoms with E-state index in [0.29, 0.717) is 6.07 Å². The summed E-state index contributed by atoms with van der Waals surface area (Å²) in [5, 5.41) is 22.4. The summed E-state index contributed by atoms with van der Waals surface area (Å²) in [6, 6.07) is 6.24. The number of carboxylic acids is 1. The van der Waals surface area contributed by atoms with Gasteiger partial charge in [0, 0.05) is 18.7 Å². The number of anilines is 1. The maximum atomic E-state index is 12.7. The van der Waals surface area contributed by atoms with E-state index in [0.717, 1.165) is 18.2 Å². The Labute approximate surface area is 173 Å². The van der Waals surface area contributed by atoms with Gasteiger partial charge in [0.1, 0.15) is 17.2 Å². The highest BCUT2D eigenvalue weighted by atomic mass is 35.5. The van der Waals surface area contributed by atoms with Crippen LogP contribution in [0.15, 0.2) is 36.4 Å². The Hall–Kier alpha value is -3.05. The zero-order chi connectivity index (χ0) is 22.5. The van der Waals surface area contributed by atoms with E-state index >= 15 is 0 Å². The quantitative estimate of drug-likeness (QED) is 0.317. The van der Waals surface area contributed by atoms with Gasteiger partial charge in [-0.15, -0.1) is 0 Å². The lowest BCUT2D eigenvalue weighted by Gasteiger charge is -2.13. The van der Waals surface area contributed by atoms with Gasteiger partial charge in [-0.25, -0.2) is 4.79 Å². The summed E-state index contributed by atoms with van der Waals surface area (Å²) < 4.78 is 48.7. The normalized spacial score (nSPS) is 12.3. The minimum atomic E-state index is -4.56. The van der Waals surface area contributed by atoms with Gasteiger partial charge >= 0.3 is 12.1 Å². The number of nitrogens with one attached hydrogen (secondary N) is 1. The van der Waals surface area contributed by atoms with Gasteiger partial charge in [-0.05, 0) is 31.2 Å². The number of alkyl halides is 3. The number of aliphatic carboxylic acids is 1. The number of nitro groups is 1. The summed E-state index contributed by atoms with van der Waals surface area (Å²) in [5.74, 6) is -1.13. The van der Waals surface area contributed by atoms with Crippen LogP contribution in [0.25, 0.3) is 0 Å². The lowest BCUT2D eigenvalue weighted by Crippen LogP contribution is -2.23. The maximum absolute atomic E-state index is 12.7. The van der Waals surface area contributed by atoms with Crippen LogP contribution in [0, 0.1) is 10.1 Å². The molecule has 12 heteroatoms. The van der Waals surface area contributed by atoms with Gasteiger partial charge in [0.05, 0.1) is 22.1 Å². The predicted molar refractivity (Wildman–Crippen MR) is 101 cm³/mol. The van der Waals surface area contributed by atoms with E-state index in [1.165, 1.54) is 19.1 Å². The second-order valence-corrected chi connectivity index (χ2v) is 6.37. The minimum absolute atomic E-state index is 0.0412. The second-order valence-electron chi connectivity index (χ2n) is 5.96. The van der Waals surface area contributed by atoms with Gasteiger partial charge in [-0.3, -0.25) is 10.1 Å². The number of rotatable bonds is 9. The molecule has 0 aliphatic carbocycles. The predicted octanol–water partition coefficient (Wildman–Crippen LogP) is 4.96. The Kier molecular flexibility index (Phi) is 7.46. The number of carbonyl (C=O) groups is 1. The van der Waals surface area contributed by atoms with Crippen molar-refractivity contribution in [2.45, 2.75) is 19.2 Å². The molecule has 0 spiro atoms. The van der Waals surface area contributed by atoms with Crippen LogP contribution in [0.3, 0.4) is 0 Å². The van der Waals surface area contributed by atoms with Gasteiger partial charge in [0.25, 0.3) is 5.69 Å². The molecule has 0 amide bonds. The van der Waals surface area contributed by atoms with E-state index in [4.69, 9.17) is 26.2 Å². The number of hydrogen-bond donors (Lipinski definition) is 2. The Bertz CT molecular complexity index is 939. The number of carboxylic acid groups (broad SMARTS) is 1. The Balaban J connectivity index is 2.15. The molecule has 162 valence electrons. The van der Waals surface area contributed by atoms with Crippen LogP contribution in [0.2, 0.25) is 5.02 Å². The van der Waals surface area contributed by atoms with Crippen LogP contribution in [-0.4, -0.2) is 35.3 Å². The molecule has 8 nitrogen and oxygen atoms in total. The number of benzene rings is 2. The van der Waals surface area contributed by atoms with Crippen molar-refractivity contribution in [3.8, 4) is 11.5 Å². The van der Waals surface area contributed by atoms with Gasteiger partial charge in [-0.1, -0.05) is 11.6 Å². The Morgan fingerprint density at radius 3 is 2.57 bits per heavy atom. The molecule has 0 fully saturated rings. The summed E-state index contributed by atoms with van der Waals surface area (Å²) in [4.78, 5) is 21.3. The molecule has 1 atom stereocenters. The number of nitrogens with zero attached hydrogens (tertiary/aromatic N) is 1. The van der Waals surface area contributed by atoms with Crippen molar-refractivity contribution >= 4 is 28.9 Å². The molecule has 0 saturated carbocycles. The molecule has 30 heavy (non-hydrogen) atoms. The van der Waals surface area contributed by atoms with E-state index in [2.05, 4.69) is 5.32 Å². The van der Waals surface area contributed by atoms with Crippen molar-refractivity contribution in [2.75, 3.05) is 18.5 Å². The molecule has 0 aromatic heterocycles. The van der Waals surface area contributed by atoms with Crippen molar-refractivity contribution in [1.82, 2.24) is 0 Å². The van der Waals surface area contributed by atoms with Crippen molar-refractivity contribution in [3.63, 3.8) is 0 Å². The summed E-state index contributed by atoms with van der Waals surface area (Å²) in [5.41, 5.74) is -1.18. The first-order chi connectivity index (χ1) is 14.0. The largest absolute Gasteiger partial charge is 0.479 e. The van der Waals surface area contributed by atoms with E-state index in [1.807, 2.05) is 0 Å². The van der Waals surface area contributed by atoms with Crippen molar-refractivity contribution in [2.24, 2.45) is 0 Å². The first-order valence-electron chi connectivity index (χ1n) is 8.40. The third kappa shape index (κ3) is 6.22. The number of halogens is 4. The average molecular weight is 449 g/mol. The molecule has 0 bridgehead atoms. The van der Waals surface area contributed by atoms with Gasteiger partial charge in [-0.2, -0.15) is 13.2 Å². The molecular weight excluding hydrogens is 433 g/mol. The molecule has 2 aromatic rings. The van der Waals surface area contributed by atoms with Crippen molar-refractivity contribution < 1.29 is 37.5 Å². The fourth-order valence-electron chi connectivity index (χ4n) is 2.26. The third-order valence-electron chi connectivity index (χ3n) is 3.78. The maximum Gasteiger partial charge on any atom is 0.416 e. The molecule has 2 N–H and O–H groups in total. The lowest BCUT2D eigenvalue weighted by molar-refractivity contribution is -0.384.